The molecule has 0 aromatic carbocycles. The van der Waals surface area contributed by atoms with Gasteiger partial charge in [0.1, 0.15) is 0 Å². The normalized spacial score (nSPS) is 25.0. The molecule has 8 nitrogen and oxygen atoms in total. The molecule has 25 heavy (non-hydrogen) atoms. The van der Waals surface area contributed by atoms with Crippen LogP contribution in [0.4, 0.5) is 10.3 Å². The zero-order valence-corrected chi connectivity index (χ0v) is 13.4. The highest BCUT2D eigenvalue weighted by molar-refractivity contribution is 5.93. The maximum atomic E-state index is 13.0. The third-order valence-corrected chi connectivity index (χ3v) is 4.70. The lowest BCUT2D eigenvalue weighted by atomic mass is 9.93. The summed E-state index contributed by atoms with van der Waals surface area (Å²) in [6.45, 7) is 2.55. The summed E-state index contributed by atoms with van der Waals surface area (Å²) in [4.78, 5) is 22.2. The van der Waals surface area contributed by atoms with Gasteiger partial charge in [0.2, 0.25) is 5.95 Å². The van der Waals surface area contributed by atoms with Crippen LogP contribution in [0.3, 0.4) is 0 Å². The number of hydrogen-bond acceptors (Lipinski definition) is 7. The number of fused-ring (bicyclic) bond motifs is 1. The fraction of sp³-hybridized carbons (Fsp3) is 0.438. The maximum Gasteiger partial charge on any atom is 0.252 e. The van der Waals surface area contributed by atoms with Crippen LogP contribution in [-0.2, 0) is 4.74 Å². The molecule has 2 aromatic rings. The zero-order valence-electron chi connectivity index (χ0n) is 13.4. The van der Waals surface area contributed by atoms with Gasteiger partial charge in [0.25, 0.3) is 5.91 Å². The molecule has 0 bridgehead atoms. The van der Waals surface area contributed by atoms with Crippen molar-refractivity contribution in [2.24, 2.45) is 11.8 Å². The van der Waals surface area contributed by atoms with Gasteiger partial charge in [-0.3, -0.25) is 4.79 Å². The van der Waals surface area contributed by atoms with Crippen molar-refractivity contribution in [2.75, 3.05) is 31.1 Å². The fourth-order valence-electron chi connectivity index (χ4n) is 3.39. The Kier molecular flexibility index (Phi) is 4.22. The van der Waals surface area contributed by atoms with Crippen LogP contribution in [0.15, 0.2) is 30.9 Å². The molecule has 4 heterocycles. The summed E-state index contributed by atoms with van der Waals surface area (Å²) in [7, 11) is 0. The molecule has 2 aromatic heterocycles. The number of ether oxygens (including phenoxy) is 1. The molecule has 1 N–H and O–H groups in total. The predicted octanol–water partition coefficient (Wildman–Crippen LogP) is 0.287. The maximum absolute atomic E-state index is 13.0. The number of anilines is 1. The zero-order chi connectivity index (χ0) is 17.2. The lowest BCUT2D eigenvalue weighted by molar-refractivity contribution is 0.0939. The minimum absolute atomic E-state index is 0.0816. The summed E-state index contributed by atoms with van der Waals surface area (Å²) in [5.74, 6) is 0.379. The Morgan fingerprint density at radius 3 is 2.88 bits per heavy atom. The highest BCUT2D eigenvalue weighted by Gasteiger charge is 2.44. The molecule has 3 atom stereocenters. The summed E-state index contributed by atoms with van der Waals surface area (Å²) in [6, 6.07) is 1.62. The largest absolute Gasteiger partial charge is 0.376 e. The van der Waals surface area contributed by atoms with Crippen LogP contribution in [0.25, 0.3) is 0 Å². The second kappa shape index (κ2) is 6.67. The van der Waals surface area contributed by atoms with Gasteiger partial charge < -0.3 is 15.0 Å². The molecule has 2 aliphatic rings. The van der Waals surface area contributed by atoms with Crippen molar-refractivity contribution >= 4 is 11.9 Å². The lowest BCUT2D eigenvalue weighted by Gasteiger charge is -2.19. The molecule has 2 saturated heterocycles. The number of aromatic nitrogens is 4. The Morgan fingerprint density at radius 1 is 1.28 bits per heavy atom. The van der Waals surface area contributed by atoms with E-state index in [1.807, 2.05) is 4.90 Å². The van der Waals surface area contributed by atoms with Gasteiger partial charge in [0, 0.05) is 31.5 Å². The van der Waals surface area contributed by atoms with Crippen LogP contribution < -0.4 is 10.2 Å². The predicted molar refractivity (Wildman–Crippen MR) is 85.3 cm³/mol. The Morgan fingerprint density at radius 2 is 2.12 bits per heavy atom. The molecular weight excluding hydrogens is 327 g/mol. The van der Waals surface area contributed by atoms with E-state index in [1.54, 1.807) is 6.07 Å². The Balaban J connectivity index is 1.35. The quantitative estimate of drug-likeness (QED) is 0.852. The molecule has 0 unspecified atom stereocenters. The van der Waals surface area contributed by atoms with E-state index in [9.17, 15) is 9.18 Å². The third-order valence-electron chi connectivity index (χ3n) is 4.70. The molecule has 0 aliphatic carbocycles. The van der Waals surface area contributed by atoms with Crippen LogP contribution in [0.5, 0.6) is 0 Å². The van der Waals surface area contributed by atoms with Crippen LogP contribution in [-0.4, -0.2) is 58.4 Å². The topological polar surface area (TPSA) is 93.1 Å². The average molecular weight is 344 g/mol. The standard InChI is InChI=1S/C16H17FN6O2/c17-12-5-19-16(20-6-12)23-7-13-11(9-25-14(13)8-23)3-18-15(24)10-1-2-21-22-4-10/h1-2,4-6,11,13-14H,3,7-9H2,(H,18,24)/t11-,13-,14-/m1/s1. The third kappa shape index (κ3) is 3.27. The number of carbonyl (C=O) groups is 1. The molecular formula is C16H17FN6O2. The SMILES string of the molecule is O=C(NC[C@@H]1CO[C@@H]2CN(c3ncc(F)cn3)C[C@H]12)c1ccnnc1. The molecule has 4 rings (SSSR count). The average Bonchev–Trinajstić information content (AvgIpc) is 3.22. The van der Waals surface area contributed by atoms with Crippen molar-refractivity contribution < 1.29 is 13.9 Å². The minimum Gasteiger partial charge on any atom is -0.376 e. The van der Waals surface area contributed by atoms with Gasteiger partial charge in [-0.1, -0.05) is 0 Å². The van der Waals surface area contributed by atoms with Gasteiger partial charge in [0.15, 0.2) is 5.82 Å². The molecule has 1 amide bonds. The van der Waals surface area contributed by atoms with E-state index < -0.39 is 5.82 Å². The highest BCUT2D eigenvalue weighted by Crippen LogP contribution is 2.34. The van der Waals surface area contributed by atoms with Crippen LogP contribution in [0.2, 0.25) is 0 Å². The first-order valence-corrected chi connectivity index (χ1v) is 8.09. The van der Waals surface area contributed by atoms with Gasteiger partial charge >= 0.3 is 0 Å². The second-order valence-corrected chi connectivity index (χ2v) is 6.24. The summed E-state index contributed by atoms with van der Waals surface area (Å²) in [5.41, 5.74) is 0.484. The second-order valence-electron chi connectivity index (χ2n) is 6.24. The van der Waals surface area contributed by atoms with Crippen LogP contribution >= 0.6 is 0 Å². The van der Waals surface area contributed by atoms with Gasteiger partial charge in [0.05, 0.1) is 43.1 Å². The molecule has 130 valence electrons. The fourth-order valence-corrected chi connectivity index (χ4v) is 3.39. The van der Waals surface area contributed by atoms with E-state index in [1.165, 1.54) is 12.4 Å². The number of carbonyl (C=O) groups excluding carboxylic acids is 1. The number of nitrogens with one attached hydrogen (secondary N) is 1. The summed E-state index contributed by atoms with van der Waals surface area (Å²) in [5, 5.41) is 10.3. The number of nitrogens with zero attached hydrogens (tertiary/aromatic N) is 5. The van der Waals surface area contributed by atoms with Crippen LogP contribution in [0.1, 0.15) is 10.4 Å². The van der Waals surface area contributed by atoms with Gasteiger partial charge in [-0.05, 0) is 6.07 Å². The summed E-state index contributed by atoms with van der Waals surface area (Å²) < 4.78 is 18.8. The molecule has 0 radical (unpaired) electrons. The van der Waals surface area contributed by atoms with Gasteiger partial charge in [-0.25, -0.2) is 14.4 Å². The highest BCUT2D eigenvalue weighted by atomic mass is 19.1. The van der Waals surface area contributed by atoms with Crippen LogP contribution in [0, 0.1) is 17.7 Å². The Hall–Kier alpha value is -2.68. The van der Waals surface area contributed by atoms with Gasteiger partial charge in [-0.2, -0.15) is 10.2 Å². The molecule has 2 fully saturated rings. The number of hydrogen-bond donors (Lipinski definition) is 1. The van der Waals surface area contributed by atoms with E-state index >= 15 is 0 Å². The first-order valence-electron chi connectivity index (χ1n) is 8.09. The van der Waals surface area contributed by atoms with Crippen molar-refractivity contribution in [1.82, 2.24) is 25.5 Å². The summed E-state index contributed by atoms with van der Waals surface area (Å²) >= 11 is 0. The van der Waals surface area contributed by atoms with Crippen molar-refractivity contribution in [3.63, 3.8) is 0 Å². The lowest BCUT2D eigenvalue weighted by Crippen LogP contribution is -2.34. The molecule has 0 saturated carbocycles. The van der Waals surface area contributed by atoms with E-state index in [4.69, 9.17) is 4.74 Å². The summed E-state index contributed by atoms with van der Waals surface area (Å²) in [6.07, 6.45) is 5.33. The van der Waals surface area contributed by atoms with E-state index in [2.05, 4.69) is 25.5 Å². The van der Waals surface area contributed by atoms with Crippen molar-refractivity contribution in [1.29, 1.82) is 0 Å². The smallest absolute Gasteiger partial charge is 0.252 e. The first-order chi connectivity index (χ1) is 12.2. The number of amides is 1. The first kappa shape index (κ1) is 15.8. The number of halogens is 1. The van der Waals surface area contributed by atoms with Crippen molar-refractivity contribution in [2.45, 2.75) is 6.10 Å². The minimum atomic E-state index is -0.453. The van der Waals surface area contributed by atoms with Gasteiger partial charge in [-0.15, -0.1) is 0 Å². The van der Waals surface area contributed by atoms with E-state index in [0.29, 0.717) is 31.2 Å². The Bertz CT molecular complexity index is 744. The molecule has 2 aliphatic heterocycles. The monoisotopic (exact) mass is 344 g/mol. The molecule has 0 spiro atoms. The Labute approximate surface area is 143 Å². The van der Waals surface area contributed by atoms with E-state index in [0.717, 1.165) is 18.9 Å². The van der Waals surface area contributed by atoms with E-state index in [-0.39, 0.29) is 23.8 Å². The number of rotatable bonds is 4. The van der Waals surface area contributed by atoms with Crippen molar-refractivity contribution in [3.8, 4) is 0 Å². The molecule has 9 heteroatoms. The van der Waals surface area contributed by atoms with Crippen molar-refractivity contribution in [3.05, 3.63) is 42.2 Å².